The molecule has 38 heavy (non-hydrogen) atoms. The van der Waals surface area contributed by atoms with Gasteiger partial charge < -0.3 is 14.8 Å². The molecule has 0 radical (unpaired) electrons. The molecule has 202 valence electrons. The average molecular weight is 513 g/mol. The van der Waals surface area contributed by atoms with E-state index in [1.54, 1.807) is 7.11 Å². The summed E-state index contributed by atoms with van der Waals surface area (Å²) < 4.78 is 11.6. The van der Waals surface area contributed by atoms with E-state index in [1.807, 2.05) is 0 Å². The lowest BCUT2D eigenvalue weighted by molar-refractivity contribution is 0.214. The summed E-state index contributed by atoms with van der Waals surface area (Å²) in [7, 11) is 1.75. The number of hydrogen-bond acceptors (Lipinski definition) is 4. The summed E-state index contributed by atoms with van der Waals surface area (Å²) >= 11 is 0. The molecule has 1 heterocycles. The zero-order valence-electron chi connectivity index (χ0n) is 23.5. The van der Waals surface area contributed by atoms with Crippen molar-refractivity contribution >= 4 is 5.69 Å². The predicted molar refractivity (Wildman–Crippen MR) is 158 cm³/mol. The van der Waals surface area contributed by atoms with E-state index in [-0.39, 0.29) is 5.41 Å². The van der Waals surface area contributed by atoms with Crippen LogP contribution in [0.2, 0.25) is 0 Å². The van der Waals surface area contributed by atoms with E-state index < -0.39 is 0 Å². The molecule has 1 atom stereocenters. The molecule has 1 saturated heterocycles. The monoisotopic (exact) mass is 512 g/mol. The minimum Gasteiger partial charge on any atom is -0.497 e. The van der Waals surface area contributed by atoms with E-state index in [1.165, 1.54) is 66.7 Å². The van der Waals surface area contributed by atoms with Crippen LogP contribution in [0.4, 0.5) is 5.69 Å². The van der Waals surface area contributed by atoms with Gasteiger partial charge in [-0.15, -0.1) is 0 Å². The highest BCUT2D eigenvalue weighted by Crippen LogP contribution is 2.48. The fourth-order valence-corrected chi connectivity index (χ4v) is 6.25. The third-order valence-corrected chi connectivity index (χ3v) is 8.54. The van der Waals surface area contributed by atoms with Gasteiger partial charge >= 0.3 is 0 Å². The van der Waals surface area contributed by atoms with E-state index in [2.05, 4.69) is 90.8 Å². The maximum absolute atomic E-state index is 6.06. The number of hydrogen-bond donors (Lipinski definition) is 1. The fourth-order valence-electron chi connectivity index (χ4n) is 6.25. The third-order valence-electron chi connectivity index (χ3n) is 8.54. The molecule has 0 amide bonds. The number of ether oxygens (including phenoxy) is 2. The van der Waals surface area contributed by atoms with Crippen LogP contribution < -0.4 is 14.8 Å². The maximum atomic E-state index is 6.06. The van der Waals surface area contributed by atoms with Crippen molar-refractivity contribution in [3.8, 4) is 11.5 Å². The first kappa shape index (κ1) is 26.6. The Balaban J connectivity index is 1.20. The molecule has 3 aromatic carbocycles. The molecular formula is C34H44N2O2. The second-order valence-corrected chi connectivity index (χ2v) is 11.7. The number of rotatable bonds is 9. The summed E-state index contributed by atoms with van der Waals surface area (Å²) in [5.41, 5.74) is 6.93. The lowest BCUT2D eigenvalue weighted by atomic mass is 9.64. The molecule has 1 fully saturated rings. The van der Waals surface area contributed by atoms with Crippen LogP contribution in [-0.2, 0) is 19.4 Å². The molecule has 0 bridgehead atoms. The standard InChI is InChI=1S/C34H44N2O2/c1-34(2)24-28-22-30(37-3)17-14-27(28)23-32(34)31-10-6-7-11-33(31)35-25-26-12-15-29(16-13-26)38-21-20-36-18-8-4-5-9-19-36/h6-7,10-17,22,32,35H,4-5,8-9,18-21,23-25H2,1-3H3. The van der Waals surface area contributed by atoms with Crippen molar-refractivity contribution in [2.75, 3.05) is 38.7 Å². The van der Waals surface area contributed by atoms with Gasteiger partial charge in [-0.1, -0.05) is 63.1 Å². The Morgan fingerprint density at radius 2 is 1.61 bits per heavy atom. The van der Waals surface area contributed by atoms with Gasteiger partial charge in [0.15, 0.2) is 0 Å². The molecule has 2 aliphatic rings. The zero-order chi connectivity index (χ0) is 26.4. The van der Waals surface area contributed by atoms with E-state index in [4.69, 9.17) is 9.47 Å². The number of para-hydroxylation sites is 1. The van der Waals surface area contributed by atoms with Crippen LogP contribution in [0.25, 0.3) is 0 Å². The van der Waals surface area contributed by atoms with Gasteiger partial charge in [-0.05, 0) is 103 Å². The molecule has 1 aliphatic carbocycles. The Hall–Kier alpha value is -2.98. The minimum atomic E-state index is 0.156. The van der Waals surface area contributed by atoms with E-state index >= 15 is 0 Å². The molecule has 1 N–H and O–H groups in total. The van der Waals surface area contributed by atoms with Gasteiger partial charge in [0.25, 0.3) is 0 Å². The Bertz CT molecular complexity index is 1180. The summed E-state index contributed by atoms with van der Waals surface area (Å²) in [6, 6.07) is 24.0. The van der Waals surface area contributed by atoms with E-state index in [9.17, 15) is 0 Å². The number of anilines is 1. The minimum absolute atomic E-state index is 0.156. The van der Waals surface area contributed by atoms with Gasteiger partial charge in [0.05, 0.1) is 7.11 Å². The number of fused-ring (bicyclic) bond motifs is 1. The zero-order valence-corrected chi connectivity index (χ0v) is 23.5. The van der Waals surface area contributed by atoms with Crippen LogP contribution in [0, 0.1) is 5.41 Å². The van der Waals surface area contributed by atoms with Gasteiger partial charge in [-0.25, -0.2) is 0 Å². The van der Waals surface area contributed by atoms with Crippen molar-refractivity contribution in [1.29, 1.82) is 0 Å². The van der Waals surface area contributed by atoms with Crippen LogP contribution in [0.3, 0.4) is 0 Å². The molecular weight excluding hydrogens is 468 g/mol. The number of likely N-dealkylation sites (tertiary alicyclic amines) is 1. The van der Waals surface area contributed by atoms with Crippen molar-refractivity contribution < 1.29 is 9.47 Å². The second-order valence-electron chi connectivity index (χ2n) is 11.7. The molecule has 4 nitrogen and oxygen atoms in total. The molecule has 0 saturated carbocycles. The van der Waals surface area contributed by atoms with Crippen molar-refractivity contribution in [1.82, 2.24) is 4.90 Å². The molecule has 0 spiro atoms. The molecule has 0 aromatic heterocycles. The largest absolute Gasteiger partial charge is 0.497 e. The summed E-state index contributed by atoms with van der Waals surface area (Å²) in [4.78, 5) is 2.55. The normalized spacial score (nSPS) is 19.3. The Morgan fingerprint density at radius 1 is 0.868 bits per heavy atom. The van der Waals surface area contributed by atoms with Gasteiger partial charge in [-0.3, -0.25) is 4.90 Å². The number of methoxy groups -OCH3 is 1. The summed E-state index contributed by atoms with van der Waals surface area (Å²) in [5.74, 6) is 2.36. The predicted octanol–water partition coefficient (Wildman–Crippen LogP) is 7.47. The Morgan fingerprint density at radius 3 is 2.37 bits per heavy atom. The van der Waals surface area contributed by atoms with Gasteiger partial charge in [0.1, 0.15) is 18.1 Å². The fraction of sp³-hybridized carbons (Fsp3) is 0.471. The first-order valence-corrected chi connectivity index (χ1v) is 14.4. The van der Waals surface area contributed by atoms with Crippen molar-refractivity contribution in [2.24, 2.45) is 5.41 Å². The SMILES string of the molecule is COc1ccc2c(c1)CC(C)(C)C(c1ccccc1NCc1ccc(OCCN3CCCCCC3)cc1)C2. The summed E-state index contributed by atoms with van der Waals surface area (Å²) in [6.45, 7) is 9.83. The van der Waals surface area contributed by atoms with Crippen LogP contribution >= 0.6 is 0 Å². The third kappa shape index (κ3) is 6.53. The summed E-state index contributed by atoms with van der Waals surface area (Å²) in [5, 5.41) is 3.75. The highest BCUT2D eigenvalue weighted by Gasteiger charge is 2.37. The van der Waals surface area contributed by atoms with Crippen molar-refractivity contribution in [3.05, 3.63) is 89.0 Å². The average Bonchev–Trinajstić information content (AvgIpc) is 3.20. The van der Waals surface area contributed by atoms with E-state index in [0.717, 1.165) is 44.0 Å². The quantitative estimate of drug-likeness (QED) is 0.322. The lowest BCUT2D eigenvalue weighted by Crippen LogP contribution is -2.32. The second kappa shape index (κ2) is 12.3. The number of nitrogens with zero attached hydrogens (tertiary/aromatic N) is 1. The van der Waals surface area contributed by atoms with Crippen LogP contribution in [-0.4, -0.2) is 38.3 Å². The van der Waals surface area contributed by atoms with Crippen LogP contribution in [0.1, 0.15) is 67.7 Å². The number of nitrogens with one attached hydrogen (secondary N) is 1. The Kier molecular flexibility index (Phi) is 8.58. The first-order valence-electron chi connectivity index (χ1n) is 14.4. The van der Waals surface area contributed by atoms with Crippen molar-refractivity contribution in [2.45, 2.75) is 64.8 Å². The molecule has 5 rings (SSSR count). The number of benzene rings is 3. The highest BCUT2D eigenvalue weighted by molar-refractivity contribution is 5.55. The lowest BCUT2D eigenvalue weighted by Gasteiger charge is -2.41. The van der Waals surface area contributed by atoms with Crippen LogP contribution in [0.15, 0.2) is 66.7 Å². The molecule has 3 aromatic rings. The Labute approximate surface area is 229 Å². The maximum Gasteiger partial charge on any atom is 0.119 e. The molecule has 1 aliphatic heterocycles. The highest BCUT2D eigenvalue weighted by atomic mass is 16.5. The van der Waals surface area contributed by atoms with Gasteiger partial charge in [0, 0.05) is 18.8 Å². The van der Waals surface area contributed by atoms with Crippen molar-refractivity contribution in [3.63, 3.8) is 0 Å². The first-order chi connectivity index (χ1) is 18.5. The summed E-state index contributed by atoms with van der Waals surface area (Å²) in [6.07, 6.45) is 7.50. The smallest absolute Gasteiger partial charge is 0.119 e. The van der Waals surface area contributed by atoms with Gasteiger partial charge in [0.2, 0.25) is 0 Å². The van der Waals surface area contributed by atoms with E-state index in [0.29, 0.717) is 5.92 Å². The van der Waals surface area contributed by atoms with Crippen LogP contribution in [0.5, 0.6) is 11.5 Å². The topological polar surface area (TPSA) is 33.7 Å². The van der Waals surface area contributed by atoms with Gasteiger partial charge in [-0.2, -0.15) is 0 Å². The molecule has 4 heteroatoms. The molecule has 1 unspecified atom stereocenters.